The Bertz CT molecular complexity index is 333. The van der Waals surface area contributed by atoms with Crippen molar-refractivity contribution >= 4 is 23.9 Å². The third kappa shape index (κ3) is 5.10. The maximum absolute atomic E-state index is 11.3. The molecular formula is C12H18N2O2S. The number of primary amides is 1. The van der Waals surface area contributed by atoms with Crippen LogP contribution in [0.15, 0.2) is 30.3 Å². The van der Waals surface area contributed by atoms with E-state index in [2.05, 4.69) is 6.92 Å². The zero-order chi connectivity index (χ0) is 12.5. The topological polar surface area (TPSA) is 55.6 Å². The Kier molecular flexibility index (Phi) is 6.50. The Morgan fingerprint density at radius 1 is 1.35 bits per heavy atom. The number of anilines is 1. The predicted octanol–water partition coefficient (Wildman–Crippen LogP) is 3.34. The number of carbonyl (C=O) groups is 1. The van der Waals surface area contributed by atoms with Crippen LogP contribution in [-0.2, 0) is 4.18 Å². The number of urea groups is 1. The molecule has 0 bridgehead atoms. The van der Waals surface area contributed by atoms with E-state index >= 15 is 0 Å². The third-order valence-electron chi connectivity index (χ3n) is 2.15. The van der Waals surface area contributed by atoms with Gasteiger partial charge in [-0.25, -0.2) is 9.10 Å². The van der Waals surface area contributed by atoms with E-state index in [1.807, 2.05) is 30.3 Å². The Morgan fingerprint density at radius 3 is 2.65 bits per heavy atom. The second-order valence-electron chi connectivity index (χ2n) is 3.57. The molecule has 0 saturated heterocycles. The van der Waals surface area contributed by atoms with Gasteiger partial charge in [-0.3, -0.25) is 4.18 Å². The van der Waals surface area contributed by atoms with Crippen LogP contribution in [0.5, 0.6) is 0 Å². The molecule has 17 heavy (non-hydrogen) atoms. The first-order chi connectivity index (χ1) is 8.25. The van der Waals surface area contributed by atoms with Gasteiger partial charge in [-0.1, -0.05) is 38.0 Å². The van der Waals surface area contributed by atoms with Gasteiger partial charge in [0.1, 0.15) is 12.2 Å². The molecule has 0 spiro atoms. The summed E-state index contributed by atoms with van der Waals surface area (Å²) in [5.41, 5.74) is 6.02. The minimum atomic E-state index is -0.531. The number of nitrogens with zero attached hydrogens (tertiary/aromatic N) is 1. The van der Waals surface area contributed by atoms with Gasteiger partial charge in [-0.2, -0.15) is 0 Å². The summed E-state index contributed by atoms with van der Waals surface area (Å²) in [6.45, 7) is 2.75. The summed E-state index contributed by atoms with van der Waals surface area (Å²) in [6.07, 6.45) is 3.26. The average molecular weight is 254 g/mol. The summed E-state index contributed by atoms with van der Waals surface area (Å²) in [7, 11) is 0. The van der Waals surface area contributed by atoms with Crippen LogP contribution in [0.1, 0.15) is 26.2 Å². The molecule has 5 heteroatoms. The molecule has 4 nitrogen and oxygen atoms in total. The summed E-state index contributed by atoms with van der Waals surface area (Å²) < 4.78 is 6.69. The molecule has 1 rings (SSSR count). The van der Waals surface area contributed by atoms with Gasteiger partial charge in [0.25, 0.3) is 0 Å². The quantitative estimate of drug-likeness (QED) is 0.461. The van der Waals surface area contributed by atoms with E-state index in [4.69, 9.17) is 9.92 Å². The van der Waals surface area contributed by atoms with Crippen molar-refractivity contribution in [3.63, 3.8) is 0 Å². The highest BCUT2D eigenvalue weighted by atomic mass is 32.2. The van der Waals surface area contributed by atoms with Crippen LogP contribution in [0.3, 0.4) is 0 Å². The Labute approximate surface area is 106 Å². The first-order valence-electron chi connectivity index (χ1n) is 5.70. The largest absolute Gasteiger partial charge is 0.350 e. The maximum atomic E-state index is 11.3. The SMILES string of the molecule is CCCCCOSN(C(N)=O)c1ccccc1. The number of benzene rings is 1. The second kappa shape index (κ2) is 7.97. The Hall–Kier alpha value is -1.20. The fourth-order valence-electron chi connectivity index (χ4n) is 1.27. The van der Waals surface area contributed by atoms with Gasteiger partial charge < -0.3 is 5.73 Å². The van der Waals surface area contributed by atoms with E-state index < -0.39 is 6.03 Å². The first kappa shape index (κ1) is 13.9. The van der Waals surface area contributed by atoms with E-state index in [1.165, 1.54) is 4.31 Å². The molecular weight excluding hydrogens is 236 g/mol. The third-order valence-corrected chi connectivity index (χ3v) is 2.96. The summed E-state index contributed by atoms with van der Waals surface area (Å²) in [4.78, 5) is 11.3. The van der Waals surface area contributed by atoms with Crippen LogP contribution in [-0.4, -0.2) is 12.6 Å². The molecule has 0 aliphatic rings. The molecule has 2 N–H and O–H groups in total. The average Bonchev–Trinajstić information content (AvgIpc) is 2.34. The molecule has 0 fully saturated rings. The molecule has 1 aromatic carbocycles. The highest BCUT2D eigenvalue weighted by molar-refractivity contribution is 7.96. The summed E-state index contributed by atoms with van der Waals surface area (Å²) in [5, 5.41) is 0. The number of hydrogen-bond donors (Lipinski definition) is 1. The number of carbonyl (C=O) groups excluding carboxylic acids is 1. The zero-order valence-corrected chi connectivity index (χ0v) is 10.8. The van der Waals surface area contributed by atoms with Crippen LogP contribution in [0.25, 0.3) is 0 Å². The fourth-order valence-corrected chi connectivity index (χ4v) is 1.85. The number of rotatable bonds is 7. The van der Waals surface area contributed by atoms with Crippen LogP contribution in [0.2, 0.25) is 0 Å². The lowest BCUT2D eigenvalue weighted by Crippen LogP contribution is -2.29. The van der Waals surface area contributed by atoms with Crippen molar-refractivity contribution in [1.29, 1.82) is 0 Å². The number of para-hydroxylation sites is 1. The molecule has 0 aliphatic carbocycles. The number of hydrogen-bond acceptors (Lipinski definition) is 3. The van der Waals surface area contributed by atoms with Crippen molar-refractivity contribution in [2.75, 3.05) is 10.9 Å². The molecule has 94 valence electrons. The number of nitrogens with two attached hydrogens (primary N) is 1. The smallest absolute Gasteiger partial charge is 0.331 e. The lowest BCUT2D eigenvalue weighted by molar-refractivity contribution is 0.256. The first-order valence-corrected chi connectivity index (χ1v) is 6.39. The van der Waals surface area contributed by atoms with Gasteiger partial charge >= 0.3 is 6.03 Å². The summed E-state index contributed by atoms with van der Waals surface area (Å²) >= 11 is 0.992. The fraction of sp³-hybridized carbons (Fsp3) is 0.417. The standard InChI is InChI=1S/C12H18N2O2S/c1-2-3-7-10-16-17-14(12(13)15)11-8-5-4-6-9-11/h4-6,8-9H,2-3,7,10H2,1H3,(H2,13,15). The van der Waals surface area contributed by atoms with E-state index in [0.29, 0.717) is 6.61 Å². The summed E-state index contributed by atoms with van der Waals surface area (Å²) in [6, 6.07) is 8.68. The Morgan fingerprint density at radius 2 is 2.06 bits per heavy atom. The molecule has 0 atom stereocenters. The highest BCUT2D eigenvalue weighted by Gasteiger charge is 2.13. The van der Waals surface area contributed by atoms with Gasteiger partial charge in [0.05, 0.1) is 12.3 Å². The van der Waals surface area contributed by atoms with E-state index in [0.717, 1.165) is 37.2 Å². The lowest BCUT2D eigenvalue weighted by Gasteiger charge is -2.17. The van der Waals surface area contributed by atoms with Crippen LogP contribution in [0, 0.1) is 0 Å². The van der Waals surface area contributed by atoms with Crippen molar-refractivity contribution in [3.8, 4) is 0 Å². The highest BCUT2D eigenvalue weighted by Crippen LogP contribution is 2.22. The van der Waals surface area contributed by atoms with Crippen molar-refractivity contribution in [1.82, 2.24) is 0 Å². The van der Waals surface area contributed by atoms with Crippen molar-refractivity contribution in [2.24, 2.45) is 5.73 Å². The molecule has 0 aromatic heterocycles. The Balaban J connectivity index is 2.42. The van der Waals surface area contributed by atoms with Gasteiger partial charge in [0, 0.05) is 0 Å². The molecule has 0 saturated carbocycles. The van der Waals surface area contributed by atoms with Gasteiger partial charge in [-0.15, -0.1) is 0 Å². The van der Waals surface area contributed by atoms with Crippen molar-refractivity contribution < 1.29 is 8.98 Å². The van der Waals surface area contributed by atoms with E-state index in [9.17, 15) is 4.79 Å². The maximum Gasteiger partial charge on any atom is 0.331 e. The normalized spacial score (nSPS) is 10.2. The number of unbranched alkanes of at least 4 members (excludes halogenated alkanes) is 2. The van der Waals surface area contributed by atoms with Crippen LogP contribution >= 0.6 is 12.2 Å². The van der Waals surface area contributed by atoms with E-state index in [-0.39, 0.29) is 0 Å². The van der Waals surface area contributed by atoms with Crippen molar-refractivity contribution in [2.45, 2.75) is 26.2 Å². The minimum absolute atomic E-state index is 0.531. The van der Waals surface area contributed by atoms with Gasteiger partial charge in [-0.05, 0) is 18.6 Å². The van der Waals surface area contributed by atoms with Crippen LogP contribution < -0.4 is 10.0 Å². The van der Waals surface area contributed by atoms with Crippen molar-refractivity contribution in [3.05, 3.63) is 30.3 Å². The monoisotopic (exact) mass is 254 g/mol. The van der Waals surface area contributed by atoms with Crippen LogP contribution in [0.4, 0.5) is 10.5 Å². The molecule has 1 aromatic rings. The molecule has 0 heterocycles. The van der Waals surface area contributed by atoms with Gasteiger partial charge in [0.15, 0.2) is 0 Å². The molecule has 0 radical (unpaired) electrons. The van der Waals surface area contributed by atoms with Gasteiger partial charge in [0.2, 0.25) is 0 Å². The summed E-state index contributed by atoms with van der Waals surface area (Å²) in [5.74, 6) is 0. The number of amides is 2. The predicted molar refractivity (Wildman–Crippen MR) is 71.6 cm³/mol. The zero-order valence-electron chi connectivity index (χ0n) is 9.96. The molecule has 0 unspecified atom stereocenters. The second-order valence-corrected chi connectivity index (χ2v) is 4.32. The molecule has 2 amide bonds. The lowest BCUT2D eigenvalue weighted by atomic mass is 10.3. The minimum Gasteiger partial charge on any atom is -0.350 e. The molecule has 0 aliphatic heterocycles. The van der Waals surface area contributed by atoms with E-state index in [1.54, 1.807) is 0 Å².